The first-order valence-corrected chi connectivity index (χ1v) is 8.75. The second-order valence-corrected chi connectivity index (χ2v) is 5.88. The van der Waals surface area contributed by atoms with Crippen molar-refractivity contribution in [2.45, 2.75) is 6.61 Å². The second-order valence-electron chi connectivity index (χ2n) is 5.88. The van der Waals surface area contributed by atoms with Gasteiger partial charge >= 0.3 is 12.6 Å². The number of carbonyl (C=O) groups excluding carboxylic acids is 1. The Morgan fingerprint density at radius 2 is 1.58 bits per heavy atom. The van der Waals surface area contributed by atoms with Crippen LogP contribution >= 0.6 is 0 Å². The fraction of sp³-hybridized carbons (Fsp3) is 0.238. The number of hydrogen-bond donors (Lipinski definition) is 1. The third-order valence-corrected chi connectivity index (χ3v) is 3.92. The molecule has 1 N–H and O–H groups in total. The maximum Gasteiger partial charge on any atom is 0.387 e. The van der Waals surface area contributed by atoms with Crippen LogP contribution in [0.15, 0.2) is 36.4 Å². The smallest absolute Gasteiger partial charge is 0.387 e. The van der Waals surface area contributed by atoms with Crippen LogP contribution in [0.4, 0.5) is 8.78 Å². The zero-order valence-corrected chi connectivity index (χ0v) is 16.9. The lowest BCUT2D eigenvalue weighted by molar-refractivity contribution is -0.139. The zero-order chi connectivity index (χ0) is 23.0. The van der Waals surface area contributed by atoms with Crippen LogP contribution in [-0.2, 0) is 4.79 Å². The molecule has 0 aliphatic heterocycles. The average Bonchev–Trinajstić information content (AvgIpc) is 2.75. The summed E-state index contributed by atoms with van der Waals surface area (Å²) in [5.41, 5.74) is 0.699. The van der Waals surface area contributed by atoms with Crippen molar-refractivity contribution >= 4 is 17.8 Å². The van der Waals surface area contributed by atoms with Crippen molar-refractivity contribution < 1.29 is 47.2 Å². The van der Waals surface area contributed by atoms with Gasteiger partial charge in [0, 0.05) is 5.56 Å². The number of aliphatic carboxylic acids is 1. The van der Waals surface area contributed by atoms with Crippen LogP contribution in [0.25, 0.3) is 6.08 Å². The number of rotatable bonds is 11. The van der Waals surface area contributed by atoms with Crippen molar-refractivity contribution in [3.05, 3.63) is 47.5 Å². The van der Waals surface area contributed by atoms with E-state index in [1.165, 1.54) is 63.8 Å². The lowest BCUT2D eigenvalue weighted by atomic mass is 10.1. The number of carboxylic acids is 1. The molecule has 31 heavy (non-hydrogen) atoms. The molecule has 0 saturated carbocycles. The molecule has 0 atom stereocenters. The Kier molecular flexibility index (Phi) is 8.18. The van der Waals surface area contributed by atoms with E-state index in [4.69, 9.17) is 24.1 Å². The monoisotopic (exact) mass is 438 g/mol. The van der Waals surface area contributed by atoms with Gasteiger partial charge in [0.15, 0.2) is 35.4 Å². The van der Waals surface area contributed by atoms with Gasteiger partial charge in [0.05, 0.1) is 21.3 Å². The van der Waals surface area contributed by atoms with Gasteiger partial charge in [-0.2, -0.15) is 8.78 Å². The fourth-order valence-corrected chi connectivity index (χ4v) is 2.55. The number of alkyl halides is 2. The van der Waals surface area contributed by atoms with Crippen molar-refractivity contribution in [1.82, 2.24) is 0 Å². The van der Waals surface area contributed by atoms with Gasteiger partial charge in [0.1, 0.15) is 0 Å². The van der Waals surface area contributed by atoms with Crippen LogP contribution in [0.5, 0.6) is 28.7 Å². The Hall–Kier alpha value is -3.82. The molecule has 0 aromatic heterocycles. The number of halogens is 2. The summed E-state index contributed by atoms with van der Waals surface area (Å²) in [5.74, 6) is -1.42. The predicted molar refractivity (Wildman–Crippen MR) is 106 cm³/mol. The highest BCUT2D eigenvalue weighted by Crippen LogP contribution is 2.40. The molecule has 0 spiro atoms. The number of hydrogen-bond acceptors (Lipinski definition) is 7. The number of ether oxygens (including phenoxy) is 5. The Balaban J connectivity index is 2.27. The normalized spacial score (nSPS) is 10.8. The summed E-state index contributed by atoms with van der Waals surface area (Å²) < 4.78 is 50.1. The summed E-state index contributed by atoms with van der Waals surface area (Å²) in [7, 11) is 3.92. The lowest BCUT2D eigenvalue weighted by Crippen LogP contribution is -2.10. The van der Waals surface area contributed by atoms with Gasteiger partial charge < -0.3 is 28.8 Å². The van der Waals surface area contributed by atoms with Crippen molar-refractivity contribution in [3.63, 3.8) is 0 Å². The minimum Gasteiger partial charge on any atom is -0.493 e. The van der Waals surface area contributed by atoms with Crippen LogP contribution < -0.4 is 23.7 Å². The lowest BCUT2D eigenvalue weighted by Gasteiger charge is -2.14. The van der Waals surface area contributed by atoms with Gasteiger partial charge in [0.2, 0.25) is 5.75 Å². The Labute approximate surface area is 176 Å². The molecular weight excluding hydrogens is 418 g/mol. The van der Waals surface area contributed by atoms with E-state index in [2.05, 4.69) is 4.74 Å². The maximum absolute atomic E-state index is 12.6. The molecule has 0 radical (unpaired) electrons. The summed E-state index contributed by atoms with van der Waals surface area (Å²) in [6.45, 7) is -3.62. The molecule has 166 valence electrons. The SMILES string of the molecule is COc1cc(C(=O)/C=C/c2cc(OC)c(OC(F)F)c(OC)c2)ccc1OCC(=O)O. The average molecular weight is 438 g/mol. The molecule has 0 fully saturated rings. The molecule has 0 saturated heterocycles. The molecule has 2 aromatic rings. The molecule has 0 aliphatic carbocycles. The predicted octanol–water partition coefficient (Wildman–Crippen LogP) is 3.67. The highest BCUT2D eigenvalue weighted by molar-refractivity contribution is 6.07. The van der Waals surface area contributed by atoms with E-state index >= 15 is 0 Å². The molecule has 0 unspecified atom stereocenters. The van der Waals surface area contributed by atoms with Gasteiger partial charge in [-0.25, -0.2) is 4.79 Å². The Morgan fingerprint density at radius 1 is 0.968 bits per heavy atom. The third-order valence-electron chi connectivity index (χ3n) is 3.92. The minimum atomic E-state index is -3.07. The van der Waals surface area contributed by atoms with Crippen LogP contribution in [0, 0.1) is 0 Å². The molecule has 2 rings (SSSR count). The topological polar surface area (TPSA) is 101 Å². The number of benzene rings is 2. The molecular formula is C21H20F2O8. The van der Waals surface area contributed by atoms with Gasteiger partial charge in [0.25, 0.3) is 0 Å². The summed E-state index contributed by atoms with van der Waals surface area (Å²) >= 11 is 0. The van der Waals surface area contributed by atoms with Gasteiger partial charge in [-0.15, -0.1) is 0 Å². The molecule has 0 amide bonds. The molecule has 8 nitrogen and oxygen atoms in total. The number of allylic oxidation sites excluding steroid dienone is 1. The molecule has 0 aliphatic rings. The molecule has 2 aromatic carbocycles. The first-order valence-electron chi connectivity index (χ1n) is 8.75. The maximum atomic E-state index is 12.6. The third kappa shape index (κ3) is 6.33. The van der Waals surface area contributed by atoms with Crippen molar-refractivity contribution in [3.8, 4) is 28.7 Å². The van der Waals surface area contributed by atoms with Crippen LogP contribution in [0.1, 0.15) is 15.9 Å². The molecule has 10 heteroatoms. The van der Waals surface area contributed by atoms with Crippen LogP contribution in [0.3, 0.4) is 0 Å². The number of carbonyl (C=O) groups is 2. The second kappa shape index (κ2) is 10.8. The summed E-state index contributed by atoms with van der Waals surface area (Å²) in [4.78, 5) is 23.2. The van der Waals surface area contributed by atoms with E-state index in [0.29, 0.717) is 5.56 Å². The van der Waals surface area contributed by atoms with Crippen LogP contribution in [-0.4, -0.2) is 51.4 Å². The quantitative estimate of drug-likeness (QED) is 0.419. The number of methoxy groups -OCH3 is 3. The summed E-state index contributed by atoms with van der Waals surface area (Å²) in [6, 6.07) is 7.10. The first kappa shape index (κ1) is 23.5. The van der Waals surface area contributed by atoms with Crippen molar-refractivity contribution in [2.75, 3.05) is 27.9 Å². The highest BCUT2D eigenvalue weighted by atomic mass is 19.3. The summed E-state index contributed by atoms with van der Waals surface area (Å²) in [5, 5.41) is 8.70. The van der Waals surface area contributed by atoms with Gasteiger partial charge in [-0.1, -0.05) is 6.08 Å². The summed E-state index contributed by atoms with van der Waals surface area (Å²) in [6.07, 6.45) is 2.70. The standard InChI is InChI=1S/C21H20F2O8/c1-27-16-10-13(5-7-15(16)30-11-19(25)26)14(24)6-4-12-8-17(28-2)20(31-21(22)23)18(9-12)29-3/h4-10,21H,11H2,1-3H3,(H,25,26)/b6-4+. The zero-order valence-electron chi connectivity index (χ0n) is 16.9. The Bertz CT molecular complexity index is 947. The van der Waals surface area contributed by atoms with E-state index in [1.807, 2.05) is 0 Å². The van der Waals surface area contributed by atoms with E-state index < -0.39 is 25.0 Å². The highest BCUT2D eigenvalue weighted by Gasteiger charge is 2.18. The minimum absolute atomic E-state index is 0.00773. The Morgan fingerprint density at radius 3 is 2.10 bits per heavy atom. The fourth-order valence-electron chi connectivity index (χ4n) is 2.55. The van der Waals surface area contributed by atoms with E-state index in [1.54, 1.807) is 0 Å². The van der Waals surface area contributed by atoms with E-state index in [-0.39, 0.29) is 34.3 Å². The first-order chi connectivity index (χ1) is 14.8. The molecule has 0 bridgehead atoms. The van der Waals surface area contributed by atoms with Gasteiger partial charge in [-0.3, -0.25) is 4.79 Å². The van der Waals surface area contributed by atoms with E-state index in [0.717, 1.165) is 0 Å². The van der Waals surface area contributed by atoms with Crippen LogP contribution in [0.2, 0.25) is 0 Å². The number of carboxylic acid groups (broad SMARTS) is 1. The largest absolute Gasteiger partial charge is 0.493 e. The van der Waals surface area contributed by atoms with Crippen molar-refractivity contribution in [1.29, 1.82) is 0 Å². The van der Waals surface area contributed by atoms with E-state index in [9.17, 15) is 18.4 Å². The van der Waals surface area contributed by atoms with Crippen molar-refractivity contribution in [2.24, 2.45) is 0 Å². The van der Waals surface area contributed by atoms with Gasteiger partial charge in [-0.05, 0) is 42.0 Å². The molecule has 0 heterocycles. The number of ketones is 1.